The lowest BCUT2D eigenvalue weighted by molar-refractivity contribution is 0.104. The predicted molar refractivity (Wildman–Crippen MR) is 77.1 cm³/mol. The predicted octanol–water partition coefficient (Wildman–Crippen LogP) is 5.11. The number of halogens is 3. The maximum Gasteiger partial charge on any atom is 0.186 e. The lowest BCUT2D eigenvalue weighted by Crippen LogP contribution is -1.93. The molecule has 0 aromatic heterocycles. The summed E-state index contributed by atoms with van der Waals surface area (Å²) in [5.74, 6) is -1.10. The monoisotopic (exact) mass is 310 g/mol. The van der Waals surface area contributed by atoms with Crippen LogP contribution in [-0.4, -0.2) is 5.78 Å². The molecule has 0 aliphatic rings. The number of hydrogen-bond donors (Lipinski definition) is 0. The Morgan fingerprint density at radius 2 is 1.80 bits per heavy atom. The van der Waals surface area contributed by atoms with Gasteiger partial charge in [-0.05, 0) is 53.9 Å². The van der Waals surface area contributed by atoms with Crippen LogP contribution in [0.3, 0.4) is 0 Å². The molecular weight excluding hydrogens is 302 g/mol. The molecule has 5 heteroatoms. The molecule has 0 unspecified atom stereocenters. The summed E-state index contributed by atoms with van der Waals surface area (Å²) in [6, 6.07) is 9.61. The number of carbonyl (C=O) groups is 1. The van der Waals surface area contributed by atoms with Gasteiger partial charge in [0.05, 0.1) is 5.02 Å². The van der Waals surface area contributed by atoms with E-state index in [0.29, 0.717) is 5.56 Å². The quantitative estimate of drug-likeness (QED) is 0.443. The summed E-state index contributed by atoms with van der Waals surface area (Å²) in [5.41, 5.74) is 0.403. The zero-order valence-corrected chi connectivity index (χ0v) is 11.7. The topological polar surface area (TPSA) is 17.1 Å². The molecule has 0 aliphatic heterocycles. The van der Waals surface area contributed by atoms with Crippen molar-refractivity contribution < 1.29 is 13.6 Å². The summed E-state index contributed by atoms with van der Waals surface area (Å²) < 4.78 is 25.7. The SMILES string of the molecule is O=C(/C=C/Sc1ccc(F)c(Cl)c1)c1ccc(F)cc1. The zero-order chi connectivity index (χ0) is 14.5. The van der Waals surface area contributed by atoms with Gasteiger partial charge in [-0.2, -0.15) is 0 Å². The van der Waals surface area contributed by atoms with E-state index in [-0.39, 0.29) is 16.6 Å². The van der Waals surface area contributed by atoms with Crippen LogP contribution in [-0.2, 0) is 0 Å². The Hall–Kier alpha value is -1.65. The molecule has 2 aromatic rings. The normalized spacial score (nSPS) is 10.9. The van der Waals surface area contributed by atoms with E-state index in [9.17, 15) is 13.6 Å². The Morgan fingerprint density at radius 1 is 1.10 bits per heavy atom. The van der Waals surface area contributed by atoms with E-state index < -0.39 is 5.82 Å². The largest absolute Gasteiger partial charge is 0.289 e. The first-order chi connectivity index (χ1) is 9.56. The van der Waals surface area contributed by atoms with Crippen molar-refractivity contribution in [2.75, 3.05) is 0 Å². The van der Waals surface area contributed by atoms with Crippen molar-refractivity contribution in [3.05, 3.63) is 76.2 Å². The Morgan fingerprint density at radius 3 is 2.45 bits per heavy atom. The van der Waals surface area contributed by atoms with Gasteiger partial charge in [0.2, 0.25) is 0 Å². The van der Waals surface area contributed by atoms with Gasteiger partial charge in [0, 0.05) is 10.5 Å². The molecule has 0 amide bonds. The van der Waals surface area contributed by atoms with Crippen LogP contribution in [0.4, 0.5) is 8.78 Å². The van der Waals surface area contributed by atoms with Crippen molar-refractivity contribution >= 4 is 29.1 Å². The van der Waals surface area contributed by atoms with Crippen molar-refractivity contribution in [2.45, 2.75) is 4.90 Å². The fraction of sp³-hybridized carbons (Fsp3) is 0. The minimum absolute atomic E-state index is 0.0354. The highest BCUT2D eigenvalue weighted by Crippen LogP contribution is 2.24. The highest BCUT2D eigenvalue weighted by molar-refractivity contribution is 8.02. The van der Waals surface area contributed by atoms with Crippen molar-refractivity contribution in [1.82, 2.24) is 0 Å². The van der Waals surface area contributed by atoms with Crippen LogP contribution in [0.15, 0.2) is 58.8 Å². The summed E-state index contributed by atoms with van der Waals surface area (Å²) in [7, 11) is 0. The molecule has 0 atom stereocenters. The first-order valence-electron chi connectivity index (χ1n) is 5.64. The molecule has 2 rings (SSSR count). The van der Waals surface area contributed by atoms with Crippen LogP contribution >= 0.6 is 23.4 Å². The molecule has 0 aliphatic carbocycles. The lowest BCUT2D eigenvalue weighted by atomic mass is 10.1. The summed E-state index contributed by atoms with van der Waals surface area (Å²) in [4.78, 5) is 12.5. The van der Waals surface area contributed by atoms with E-state index >= 15 is 0 Å². The van der Waals surface area contributed by atoms with Crippen LogP contribution in [0.1, 0.15) is 10.4 Å². The van der Waals surface area contributed by atoms with Gasteiger partial charge in [-0.1, -0.05) is 23.4 Å². The third-order valence-corrected chi connectivity index (χ3v) is 3.53. The van der Waals surface area contributed by atoms with E-state index in [2.05, 4.69) is 0 Å². The highest BCUT2D eigenvalue weighted by atomic mass is 35.5. The van der Waals surface area contributed by atoms with Crippen molar-refractivity contribution in [2.24, 2.45) is 0 Å². The third kappa shape index (κ3) is 3.92. The fourth-order valence-corrected chi connectivity index (χ4v) is 2.36. The molecule has 0 saturated carbocycles. The number of carbonyl (C=O) groups excluding carboxylic acids is 1. The van der Waals surface area contributed by atoms with Gasteiger partial charge in [-0.3, -0.25) is 4.79 Å². The number of benzene rings is 2. The second kappa shape index (κ2) is 6.68. The summed E-state index contributed by atoms with van der Waals surface area (Å²) in [6.07, 6.45) is 1.37. The number of allylic oxidation sites excluding steroid dienone is 1. The third-order valence-electron chi connectivity index (χ3n) is 2.44. The van der Waals surface area contributed by atoms with E-state index in [0.717, 1.165) is 4.90 Å². The summed E-state index contributed by atoms with van der Waals surface area (Å²) in [5, 5.41) is 1.61. The zero-order valence-electron chi connectivity index (χ0n) is 10.1. The highest BCUT2D eigenvalue weighted by Gasteiger charge is 2.02. The molecule has 1 nitrogen and oxygen atoms in total. The molecule has 0 spiro atoms. The van der Waals surface area contributed by atoms with Crippen LogP contribution in [0.2, 0.25) is 5.02 Å². The summed E-state index contributed by atoms with van der Waals surface area (Å²) >= 11 is 6.89. The molecule has 0 heterocycles. The minimum Gasteiger partial charge on any atom is -0.289 e. The summed E-state index contributed by atoms with van der Waals surface area (Å²) in [6.45, 7) is 0. The van der Waals surface area contributed by atoms with Crippen LogP contribution < -0.4 is 0 Å². The van der Waals surface area contributed by atoms with Crippen LogP contribution in [0.5, 0.6) is 0 Å². The number of thioether (sulfide) groups is 1. The van der Waals surface area contributed by atoms with E-state index in [1.165, 1.54) is 54.2 Å². The Bertz CT molecular complexity index is 653. The molecule has 0 saturated heterocycles. The standard InChI is InChI=1S/C15H9ClF2OS/c16-13-9-12(5-6-14(13)18)20-8-7-15(19)10-1-3-11(17)4-2-10/h1-9H/b8-7+. The average Bonchev–Trinajstić information content (AvgIpc) is 2.43. The number of ketones is 1. The molecule has 0 fully saturated rings. The molecular formula is C15H9ClF2OS. The lowest BCUT2D eigenvalue weighted by Gasteiger charge is -1.98. The Labute approximate surface area is 124 Å². The molecule has 102 valence electrons. The second-order valence-corrected chi connectivity index (χ2v) is 5.25. The average molecular weight is 311 g/mol. The molecule has 0 bridgehead atoms. The Balaban J connectivity index is 2.00. The number of rotatable bonds is 4. The van der Waals surface area contributed by atoms with Gasteiger partial charge in [-0.15, -0.1) is 0 Å². The maximum atomic E-state index is 13.0. The van der Waals surface area contributed by atoms with E-state index in [1.807, 2.05) is 0 Å². The van der Waals surface area contributed by atoms with Crippen molar-refractivity contribution in [1.29, 1.82) is 0 Å². The van der Waals surface area contributed by atoms with E-state index in [1.54, 1.807) is 11.5 Å². The first kappa shape index (κ1) is 14.8. The Kier molecular flexibility index (Phi) is 4.93. The van der Waals surface area contributed by atoms with Crippen molar-refractivity contribution in [3.8, 4) is 0 Å². The van der Waals surface area contributed by atoms with Crippen LogP contribution in [0.25, 0.3) is 0 Å². The van der Waals surface area contributed by atoms with Crippen LogP contribution in [0, 0.1) is 11.6 Å². The van der Waals surface area contributed by atoms with E-state index in [4.69, 9.17) is 11.6 Å². The van der Waals surface area contributed by atoms with Gasteiger partial charge >= 0.3 is 0 Å². The second-order valence-electron chi connectivity index (χ2n) is 3.87. The smallest absolute Gasteiger partial charge is 0.186 e. The van der Waals surface area contributed by atoms with Gasteiger partial charge in [0.15, 0.2) is 5.78 Å². The minimum atomic E-state index is -0.484. The fourth-order valence-electron chi connectivity index (χ4n) is 1.43. The number of hydrogen-bond acceptors (Lipinski definition) is 2. The molecule has 0 radical (unpaired) electrons. The molecule has 2 aromatic carbocycles. The first-order valence-corrected chi connectivity index (χ1v) is 6.90. The van der Waals surface area contributed by atoms with Crippen molar-refractivity contribution in [3.63, 3.8) is 0 Å². The molecule has 0 N–H and O–H groups in total. The van der Waals surface area contributed by atoms with Gasteiger partial charge in [-0.25, -0.2) is 8.78 Å². The molecule has 20 heavy (non-hydrogen) atoms. The van der Waals surface area contributed by atoms with Gasteiger partial charge < -0.3 is 0 Å². The van der Waals surface area contributed by atoms with Gasteiger partial charge in [0.1, 0.15) is 11.6 Å². The maximum absolute atomic E-state index is 13.0. The van der Waals surface area contributed by atoms with Gasteiger partial charge in [0.25, 0.3) is 0 Å².